The van der Waals surface area contributed by atoms with Crippen LogP contribution in [0.3, 0.4) is 0 Å². The van der Waals surface area contributed by atoms with Crippen LogP contribution in [0, 0.1) is 5.82 Å². The molecule has 0 heterocycles. The Balaban J connectivity index is 1.74. The molecule has 0 saturated heterocycles. The molecule has 0 spiro atoms. The summed E-state index contributed by atoms with van der Waals surface area (Å²) in [6.07, 6.45) is 3.37. The van der Waals surface area contributed by atoms with Crippen LogP contribution < -0.4 is 16.0 Å². The zero-order chi connectivity index (χ0) is 19.3. The number of hydrogen-bond donors (Lipinski definition) is 3. The molecule has 0 bridgehead atoms. The number of nitrogens with one attached hydrogen (secondary N) is 3. The molecular formula is C19H27ClFN3O2. The molecule has 0 atom stereocenters. The first-order chi connectivity index (χ1) is 12.1. The summed E-state index contributed by atoms with van der Waals surface area (Å²) in [4.78, 5) is 24.1. The zero-order valence-electron chi connectivity index (χ0n) is 15.5. The molecule has 1 aromatic carbocycles. The lowest BCUT2D eigenvalue weighted by molar-refractivity contribution is -0.121. The van der Waals surface area contributed by atoms with E-state index in [9.17, 15) is 14.0 Å². The minimum atomic E-state index is -0.524. The van der Waals surface area contributed by atoms with Gasteiger partial charge in [0.15, 0.2) is 0 Å². The standard InChI is InChI=1S/C19H27ClFN3O2/c1-19(2,3)24-17(25)11-22-15-4-6-16(7-5-15)23-18(26)12-8-13(20)10-14(21)9-12/h8-10,15-16,22H,4-7,11H2,1-3H3,(H,23,26)(H,24,25)/t15-,16-. The fourth-order valence-corrected chi connectivity index (χ4v) is 3.32. The number of hydrogen-bond acceptors (Lipinski definition) is 3. The lowest BCUT2D eigenvalue weighted by atomic mass is 9.91. The highest BCUT2D eigenvalue weighted by atomic mass is 35.5. The largest absolute Gasteiger partial charge is 0.350 e. The second-order valence-electron chi connectivity index (χ2n) is 7.86. The summed E-state index contributed by atoms with van der Waals surface area (Å²) >= 11 is 5.80. The van der Waals surface area contributed by atoms with Gasteiger partial charge in [0.1, 0.15) is 5.82 Å². The fraction of sp³-hybridized carbons (Fsp3) is 0.579. The topological polar surface area (TPSA) is 70.2 Å². The number of carbonyl (C=O) groups is 2. The van der Waals surface area contributed by atoms with Gasteiger partial charge in [-0.1, -0.05) is 11.6 Å². The van der Waals surface area contributed by atoms with Gasteiger partial charge < -0.3 is 16.0 Å². The number of amides is 2. The van der Waals surface area contributed by atoms with Crippen molar-refractivity contribution in [3.8, 4) is 0 Å². The van der Waals surface area contributed by atoms with Gasteiger partial charge in [-0.05, 0) is 64.7 Å². The van der Waals surface area contributed by atoms with E-state index < -0.39 is 5.82 Å². The molecule has 0 radical (unpaired) electrons. The molecule has 26 heavy (non-hydrogen) atoms. The Morgan fingerprint density at radius 3 is 2.31 bits per heavy atom. The molecule has 7 heteroatoms. The van der Waals surface area contributed by atoms with Gasteiger partial charge in [0.05, 0.1) is 6.54 Å². The number of benzene rings is 1. The van der Waals surface area contributed by atoms with Crippen LogP contribution in [0.4, 0.5) is 4.39 Å². The third-order valence-corrected chi connectivity index (χ3v) is 4.47. The third-order valence-electron chi connectivity index (χ3n) is 4.25. The van der Waals surface area contributed by atoms with Gasteiger partial charge >= 0.3 is 0 Å². The maximum absolute atomic E-state index is 13.4. The van der Waals surface area contributed by atoms with Crippen molar-refractivity contribution < 1.29 is 14.0 Å². The van der Waals surface area contributed by atoms with E-state index in [-0.39, 0.29) is 40.0 Å². The summed E-state index contributed by atoms with van der Waals surface area (Å²) in [5, 5.41) is 9.33. The van der Waals surface area contributed by atoms with E-state index in [4.69, 9.17) is 11.6 Å². The summed E-state index contributed by atoms with van der Waals surface area (Å²) in [7, 11) is 0. The Bertz CT molecular complexity index is 632. The molecule has 1 aliphatic carbocycles. The average Bonchev–Trinajstić information content (AvgIpc) is 2.51. The normalized spacial score (nSPS) is 20.5. The Morgan fingerprint density at radius 2 is 1.73 bits per heavy atom. The first kappa shape index (κ1) is 20.6. The van der Waals surface area contributed by atoms with E-state index in [0.29, 0.717) is 6.54 Å². The summed E-state index contributed by atoms with van der Waals surface area (Å²) in [6, 6.07) is 4.12. The molecular weight excluding hydrogens is 357 g/mol. The lowest BCUT2D eigenvalue weighted by Crippen LogP contribution is -2.48. The minimum Gasteiger partial charge on any atom is -0.350 e. The molecule has 0 aromatic heterocycles. The Labute approximate surface area is 159 Å². The highest BCUT2D eigenvalue weighted by molar-refractivity contribution is 6.31. The minimum absolute atomic E-state index is 0.0177. The molecule has 5 nitrogen and oxygen atoms in total. The van der Waals surface area contributed by atoms with Crippen LogP contribution in [-0.2, 0) is 4.79 Å². The molecule has 1 aromatic rings. The van der Waals surface area contributed by atoms with Crippen molar-refractivity contribution in [1.82, 2.24) is 16.0 Å². The quantitative estimate of drug-likeness (QED) is 0.732. The van der Waals surface area contributed by atoms with E-state index in [1.54, 1.807) is 0 Å². The molecule has 3 N–H and O–H groups in total. The molecule has 1 aliphatic rings. The molecule has 144 valence electrons. The summed E-state index contributed by atoms with van der Waals surface area (Å²) in [5.41, 5.74) is -0.00495. The molecule has 2 rings (SSSR count). The van der Waals surface area contributed by atoms with Gasteiger partial charge in [-0.25, -0.2) is 4.39 Å². The van der Waals surface area contributed by atoms with Crippen molar-refractivity contribution in [2.45, 2.75) is 64.1 Å². The monoisotopic (exact) mass is 383 g/mol. The Morgan fingerprint density at radius 1 is 1.12 bits per heavy atom. The second-order valence-corrected chi connectivity index (χ2v) is 8.30. The highest BCUT2D eigenvalue weighted by Crippen LogP contribution is 2.20. The second kappa shape index (κ2) is 8.82. The number of carbonyl (C=O) groups excluding carboxylic acids is 2. The van der Waals surface area contributed by atoms with Gasteiger partial charge in [0.2, 0.25) is 5.91 Å². The third kappa shape index (κ3) is 6.92. The van der Waals surface area contributed by atoms with Crippen molar-refractivity contribution >= 4 is 23.4 Å². The fourth-order valence-electron chi connectivity index (χ4n) is 3.10. The number of rotatable bonds is 5. The summed E-state index contributed by atoms with van der Waals surface area (Å²) < 4.78 is 13.4. The Kier molecular flexibility index (Phi) is 7.01. The SMILES string of the molecule is CC(C)(C)NC(=O)CN[C@H]1CC[C@H](NC(=O)c2cc(F)cc(Cl)c2)CC1. The average molecular weight is 384 g/mol. The molecule has 0 aliphatic heterocycles. The van der Waals surface area contributed by atoms with Crippen LogP contribution in [0.1, 0.15) is 56.8 Å². The van der Waals surface area contributed by atoms with E-state index in [2.05, 4.69) is 16.0 Å². The predicted molar refractivity (Wildman–Crippen MR) is 101 cm³/mol. The van der Waals surface area contributed by atoms with Gasteiger partial charge in [-0.2, -0.15) is 0 Å². The van der Waals surface area contributed by atoms with Crippen LogP contribution in [0.2, 0.25) is 5.02 Å². The van der Waals surface area contributed by atoms with Crippen LogP contribution in [0.5, 0.6) is 0 Å². The van der Waals surface area contributed by atoms with E-state index in [1.807, 2.05) is 20.8 Å². The van der Waals surface area contributed by atoms with Crippen molar-refractivity contribution in [1.29, 1.82) is 0 Å². The van der Waals surface area contributed by atoms with Gasteiger partial charge in [-0.15, -0.1) is 0 Å². The van der Waals surface area contributed by atoms with Crippen molar-refractivity contribution in [3.05, 3.63) is 34.6 Å². The highest BCUT2D eigenvalue weighted by Gasteiger charge is 2.23. The van der Waals surface area contributed by atoms with Gasteiger partial charge in [0, 0.05) is 28.2 Å². The van der Waals surface area contributed by atoms with Crippen molar-refractivity contribution in [3.63, 3.8) is 0 Å². The van der Waals surface area contributed by atoms with Crippen LogP contribution >= 0.6 is 11.6 Å². The number of halogens is 2. The van der Waals surface area contributed by atoms with E-state index in [0.717, 1.165) is 25.7 Å². The van der Waals surface area contributed by atoms with E-state index >= 15 is 0 Å². The van der Waals surface area contributed by atoms with Crippen LogP contribution in [-0.4, -0.2) is 36.0 Å². The van der Waals surface area contributed by atoms with Gasteiger partial charge in [0.25, 0.3) is 5.91 Å². The van der Waals surface area contributed by atoms with Crippen LogP contribution in [0.25, 0.3) is 0 Å². The molecule has 1 fully saturated rings. The zero-order valence-corrected chi connectivity index (χ0v) is 16.3. The smallest absolute Gasteiger partial charge is 0.251 e. The predicted octanol–water partition coefficient (Wildman–Crippen LogP) is 3.02. The van der Waals surface area contributed by atoms with Crippen molar-refractivity contribution in [2.24, 2.45) is 0 Å². The first-order valence-corrected chi connectivity index (χ1v) is 9.31. The lowest BCUT2D eigenvalue weighted by Gasteiger charge is -2.30. The molecule has 2 amide bonds. The summed E-state index contributed by atoms with van der Waals surface area (Å²) in [6.45, 7) is 6.14. The van der Waals surface area contributed by atoms with Crippen LogP contribution in [0.15, 0.2) is 18.2 Å². The van der Waals surface area contributed by atoms with Crippen molar-refractivity contribution in [2.75, 3.05) is 6.54 Å². The molecule has 1 saturated carbocycles. The van der Waals surface area contributed by atoms with Gasteiger partial charge in [-0.3, -0.25) is 9.59 Å². The maximum Gasteiger partial charge on any atom is 0.251 e. The first-order valence-electron chi connectivity index (χ1n) is 8.94. The maximum atomic E-state index is 13.4. The van der Waals surface area contributed by atoms with E-state index in [1.165, 1.54) is 18.2 Å². The summed E-state index contributed by atoms with van der Waals surface area (Å²) in [5.74, 6) is -0.854. The molecule has 0 unspecified atom stereocenters. The Hall–Kier alpha value is -1.66.